The normalized spacial score (nSPS) is 37.4. The Morgan fingerprint density at radius 1 is 1.38 bits per heavy atom. The molecule has 3 heterocycles. The van der Waals surface area contributed by atoms with Crippen LogP contribution in [0, 0.1) is 11.8 Å². The van der Waals surface area contributed by atoms with Crippen LogP contribution in [0.15, 0.2) is 0 Å². The van der Waals surface area contributed by atoms with E-state index in [4.69, 9.17) is 4.74 Å². The quantitative estimate of drug-likeness (QED) is 0.446. The summed E-state index contributed by atoms with van der Waals surface area (Å²) >= 11 is 3.61. The molecule has 0 aromatic carbocycles. The lowest BCUT2D eigenvalue weighted by Gasteiger charge is -2.37. The summed E-state index contributed by atoms with van der Waals surface area (Å²) < 4.78 is 6.33. The summed E-state index contributed by atoms with van der Waals surface area (Å²) in [7, 11) is 1.54. The fourth-order valence-electron chi connectivity index (χ4n) is 5.47. The van der Waals surface area contributed by atoms with Gasteiger partial charge < -0.3 is 25.4 Å². The Bertz CT molecular complexity index is 673. The highest BCUT2D eigenvalue weighted by molar-refractivity contribution is 9.09. The summed E-state index contributed by atoms with van der Waals surface area (Å²) in [5.74, 6) is -2.18. The number of likely N-dealkylation sites (tertiary alicyclic amines) is 1. The van der Waals surface area contributed by atoms with Crippen molar-refractivity contribution in [3.63, 3.8) is 0 Å². The van der Waals surface area contributed by atoms with Gasteiger partial charge in [-0.05, 0) is 26.2 Å². The summed E-state index contributed by atoms with van der Waals surface area (Å²) in [6.07, 6.45) is 2.28. The van der Waals surface area contributed by atoms with E-state index in [1.165, 1.54) is 4.90 Å². The van der Waals surface area contributed by atoms with Gasteiger partial charge in [-0.25, -0.2) is 0 Å². The topological polar surface area (TPSA) is 108 Å². The predicted octanol–water partition coefficient (Wildman–Crippen LogP) is 0.556. The van der Waals surface area contributed by atoms with Crippen molar-refractivity contribution in [2.75, 3.05) is 13.7 Å². The highest BCUT2D eigenvalue weighted by Gasteiger charge is 2.76. The van der Waals surface area contributed by atoms with E-state index in [9.17, 15) is 19.5 Å². The lowest BCUT2D eigenvalue weighted by Crippen LogP contribution is -2.59. The van der Waals surface area contributed by atoms with E-state index >= 15 is 0 Å². The molecule has 3 amide bonds. The number of fused-ring (bicyclic) bond motifs is 1. The zero-order chi connectivity index (χ0) is 21.5. The molecule has 2 bridgehead atoms. The van der Waals surface area contributed by atoms with Gasteiger partial charge in [0, 0.05) is 17.9 Å². The standard InChI is InChI=1S/C20H32BrN3O5/c1-5-7-10(3)23-18(27)16-20-8-12(21)15(29-20)13(17(26)22-4)14(20)19(28)24(16)11(6-2)9-25/h10-16,25H,5-9H2,1-4H3,(H,22,26)(H,23,27)/t10?,11-,12?,13+,14-,15+,16?,20?/m0/s1. The van der Waals surface area contributed by atoms with Gasteiger partial charge in [-0.1, -0.05) is 36.2 Å². The smallest absolute Gasteiger partial charge is 0.246 e. The maximum absolute atomic E-state index is 13.6. The molecule has 0 radical (unpaired) electrons. The minimum absolute atomic E-state index is 0.0396. The van der Waals surface area contributed by atoms with Crippen LogP contribution in [-0.2, 0) is 19.1 Å². The molecule has 3 rings (SSSR count). The van der Waals surface area contributed by atoms with Crippen molar-refractivity contribution >= 4 is 33.7 Å². The third-order valence-corrected chi connectivity index (χ3v) is 7.56. The third-order valence-electron chi connectivity index (χ3n) is 6.71. The number of hydrogen-bond donors (Lipinski definition) is 3. The molecule has 164 valence electrons. The fourth-order valence-corrected chi connectivity index (χ4v) is 6.41. The van der Waals surface area contributed by atoms with Gasteiger partial charge in [0.1, 0.15) is 11.6 Å². The first-order valence-corrected chi connectivity index (χ1v) is 11.5. The number of nitrogens with one attached hydrogen (secondary N) is 2. The van der Waals surface area contributed by atoms with Crippen molar-refractivity contribution in [1.82, 2.24) is 15.5 Å². The number of nitrogens with zero attached hydrogens (tertiary/aromatic N) is 1. The van der Waals surface area contributed by atoms with E-state index < -0.39 is 35.6 Å². The number of alkyl halides is 1. The summed E-state index contributed by atoms with van der Waals surface area (Å²) in [6.45, 7) is 5.61. The molecule has 0 aromatic heterocycles. The highest BCUT2D eigenvalue weighted by Crippen LogP contribution is 2.60. The monoisotopic (exact) mass is 473 g/mol. The maximum Gasteiger partial charge on any atom is 0.246 e. The molecule has 0 saturated carbocycles. The van der Waals surface area contributed by atoms with E-state index in [0.29, 0.717) is 12.8 Å². The molecule has 3 fully saturated rings. The third kappa shape index (κ3) is 3.39. The minimum atomic E-state index is -1.06. The average molecular weight is 474 g/mol. The molecule has 8 nitrogen and oxygen atoms in total. The van der Waals surface area contributed by atoms with Crippen LogP contribution in [0.4, 0.5) is 0 Å². The lowest BCUT2D eigenvalue weighted by molar-refractivity contribution is -0.145. The molecule has 3 saturated heterocycles. The number of ether oxygens (including phenoxy) is 1. The number of aliphatic hydroxyl groups is 1. The predicted molar refractivity (Wildman–Crippen MR) is 110 cm³/mol. The molecule has 3 aliphatic heterocycles. The number of aliphatic hydroxyl groups excluding tert-OH is 1. The number of rotatable bonds is 8. The summed E-state index contributed by atoms with van der Waals surface area (Å²) in [5, 5.41) is 15.6. The first-order valence-electron chi connectivity index (χ1n) is 10.5. The summed E-state index contributed by atoms with van der Waals surface area (Å²) in [4.78, 5) is 41.0. The van der Waals surface area contributed by atoms with Gasteiger partial charge in [0.25, 0.3) is 0 Å². The number of hydrogen-bond acceptors (Lipinski definition) is 5. The fraction of sp³-hybridized carbons (Fsp3) is 0.850. The van der Waals surface area contributed by atoms with Crippen LogP contribution in [0.25, 0.3) is 0 Å². The largest absolute Gasteiger partial charge is 0.394 e. The summed E-state index contributed by atoms with van der Waals surface area (Å²) in [6, 6.07) is -1.40. The second-order valence-corrected chi connectivity index (χ2v) is 9.64. The average Bonchev–Trinajstić information content (AvgIpc) is 3.26. The molecule has 4 unspecified atom stereocenters. The maximum atomic E-state index is 13.6. The molecule has 8 atom stereocenters. The second-order valence-electron chi connectivity index (χ2n) is 8.47. The van der Waals surface area contributed by atoms with Gasteiger partial charge in [-0.15, -0.1) is 0 Å². The van der Waals surface area contributed by atoms with E-state index in [1.54, 1.807) is 7.05 Å². The van der Waals surface area contributed by atoms with E-state index in [0.717, 1.165) is 12.8 Å². The number of carbonyl (C=O) groups excluding carboxylic acids is 3. The van der Waals surface area contributed by atoms with E-state index in [-0.39, 0.29) is 35.2 Å². The van der Waals surface area contributed by atoms with Crippen molar-refractivity contribution < 1.29 is 24.2 Å². The van der Waals surface area contributed by atoms with Gasteiger partial charge in [0.2, 0.25) is 17.7 Å². The van der Waals surface area contributed by atoms with Crippen molar-refractivity contribution in [1.29, 1.82) is 0 Å². The van der Waals surface area contributed by atoms with Gasteiger partial charge in [-0.2, -0.15) is 0 Å². The Kier molecular flexibility index (Phi) is 6.60. The number of amides is 3. The number of halogens is 1. The molecule has 29 heavy (non-hydrogen) atoms. The Hall–Kier alpha value is -1.19. The Morgan fingerprint density at radius 3 is 2.62 bits per heavy atom. The zero-order valence-corrected chi connectivity index (χ0v) is 19.1. The summed E-state index contributed by atoms with van der Waals surface area (Å²) in [5.41, 5.74) is -1.06. The first-order chi connectivity index (χ1) is 13.8. The molecule has 3 aliphatic rings. The molecule has 3 N–H and O–H groups in total. The zero-order valence-electron chi connectivity index (χ0n) is 17.5. The Balaban J connectivity index is 2.04. The Labute approximate surface area is 180 Å². The molecule has 1 spiro atoms. The van der Waals surface area contributed by atoms with Crippen LogP contribution in [0.3, 0.4) is 0 Å². The van der Waals surface area contributed by atoms with Crippen LogP contribution in [-0.4, -0.2) is 76.0 Å². The lowest BCUT2D eigenvalue weighted by atomic mass is 9.70. The van der Waals surface area contributed by atoms with Gasteiger partial charge in [0.05, 0.1) is 30.6 Å². The highest BCUT2D eigenvalue weighted by atomic mass is 79.9. The van der Waals surface area contributed by atoms with Crippen molar-refractivity contribution in [3.8, 4) is 0 Å². The van der Waals surface area contributed by atoms with Crippen LogP contribution in [0.2, 0.25) is 0 Å². The van der Waals surface area contributed by atoms with E-state index in [1.807, 2.05) is 20.8 Å². The molecular weight excluding hydrogens is 442 g/mol. The van der Waals surface area contributed by atoms with Gasteiger partial charge in [0.15, 0.2) is 0 Å². The Morgan fingerprint density at radius 2 is 2.07 bits per heavy atom. The number of carbonyl (C=O) groups is 3. The van der Waals surface area contributed by atoms with Gasteiger partial charge >= 0.3 is 0 Å². The van der Waals surface area contributed by atoms with Crippen LogP contribution < -0.4 is 10.6 Å². The van der Waals surface area contributed by atoms with Crippen molar-refractivity contribution in [2.24, 2.45) is 11.8 Å². The van der Waals surface area contributed by atoms with E-state index in [2.05, 4.69) is 26.6 Å². The second kappa shape index (κ2) is 8.51. The van der Waals surface area contributed by atoms with Gasteiger partial charge in [-0.3, -0.25) is 14.4 Å². The van der Waals surface area contributed by atoms with Crippen LogP contribution in [0.5, 0.6) is 0 Å². The first kappa shape index (κ1) is 22.5. The minimum Gasteiger partial charge on any atom is -0.394 e. The van der Waals surface area contributed by atoms with Crippen molar-refractivity contribution in [2.45, 2.75) is 81.1 Å². The molecule has 9 heteroatoms. The molecule has 0 aromatic rings. The molecule has 0 aliphatic carbocycles. The SMILES string of the molecule is CCCC(C)NC(=O)C1N([C@@H](CC)CO)C(=O)[C@@H]2[C@@H](C(=O)NC)[C@@H]3OC12CC3Br. The van der Waals surface area contributed by atoms with Crippen molar-refractivity contribution in [3.05, 3.63) is 0 Å². The van der Waals surface area contributed by atoms with Crippen LogP contribution >= 0.6 is 15.9 Å². The van der Waals surface area contributed by atoms with Crippen LogP contribution in [0.1, 0.15) is 46.5 Å². The molecular formula is C20H32BrN3O5.